The van der Waals surface area contributed by atoms with Gasteiger partial charge in [-0.15, -0.1) is 0 Å². The third-order valence-electron chi connectivity index (χ3n) is 3.13. The highest BCUT2D eigenvalue weighted by Gasteiger charge is 2.23. The molecule has 0 aliphatic rings. The van der Waals surface area contributed by atoms with E-state index in [1.54, 1.807) is 49.4 Å². The molecule has 3 nitrogen and oxygen atoms in total. The highest BCUT2D eigenvalue weighted by Crippen LogP contribution is 2.20. The normalized spacial score (nSPS) is 11.8. The van der Waals surface area contributed by atoms with Crippen LogP contribution in [0.2, 0.25) is 0 Å². The van der Waals surface area contributed by atoms with Crippen molar-refractivity contribution in [2.75, 3.05) is 7.05 Å². The van der Waals surface area contributed by atoms with Crippen LogP contribution < -0.4 is 0 Å². The van der Waals surface area contributed by atoms with Crippen LogP contribution in [0.25, 0.3) is 0 Å². The van der Waals surface area contributed by atoms with Crippen LogP contribution in [0.3, 0.4) is 0 Å². The van der Waals surface area contributed by atoms with Gasteiger partial charge in [0.05, 0.1) is 4.90 Å². The predicted molar refractivity (Wildman–Crippen MR) is 76.2 cm³/mol. The van der Waals surface area contributed by atoms with Gasteiger partial charge in [-0.25, -0.2) is 12.8 Å². The highest BCUT2D eigenvalue weighted by molar-refractivity contribution is 7.89. The van der Waals surface area contributed by atoms with Crippen molar-refractivity contribution in [2.24, 2.45) is 0 Å². The molecular weight excluding hydrogens is 277 g/mol. The summed E-state index contributed by atoms with van der Waals surface area (Å²) in [5.74, 6) is -0.403. The van der Waals surface area contributed by atoms with Crippen LogP contribution in [0, 0.1) is 12.7 Å². The lowest BCUT2D eigenvalue weighted by atomic mass is 10.2. The molecule has 2 aromatic carbocycles. The molecular formula is C15H16FNO2S. The maximum atomic E-state index is 13.6. The maximum Gasteiger partial charge on any atom is 0.243 e. The van der Waals surface area contributed by atoms with Crippen molar-refractivity contribution in [1.29, 1.82) is 0 Å². The standard InChI is InChI=1S/C15H16FNO2S/c1-12-7-3-6-10-15(12)20(18,19)17(2)11-13-8-4-5-9-14(13)16/h3-10H,11H2,1-2H3. The van der Waals surface area contributed by atoms with Crippen LogP contribution in [0.4, 0.5) is 4.39 Å². The summed E-state index contributed by atoms with van der Waals surface area (Å²) in [6.07, 6.45) is 0. The van der Waals surface area contributed by atoms with Crippen LogP contribution in [0.15, 0.2) is 53.4 Å². The first-order chi connectivity index (χ1) is 9.43. The summed E-state index contributed by atoms with van der Waals surface area (Å²) in [5, 5.41) is 0. The molecule has 0 heterocycles. The van der Waals surface area contributed by atoms with Crippen molar-refractivity contribution in [3.05, 3.63) is 65.5 Å². The van der Waals surface area contributed by atoms with Gasteiger partial charge in [-0.2, -0.15) is 4.31 Å². The second kappa shape index (κ2) is 5.73. The van der Waals surface area contributed by atoms with E-state index >= 15 is 0 Å². The fourth-order valence-corrected chi connectivity index (χ4v) is 3.34. The fraction of sp³-hybridized carbons (Fsp3) is 0.200. The van der Waals surface area contributed by atoms with E-state index in [-0.39, 0.29) is 11.4 Å². The summed E-state index contributed by atoms with van der Waals surface area (Å²) in [5.41, 5.74) is 1.03. The summed E-state index contributed by atoms with van der Waals surface area (Å²) < 4.78 is 39.7. The molecule has 0 aliphatic carbocycles. The minimum atomic E-state index is -3.62. The van der Waals surface area contributed by atoms with Gasteiger partial charge >= 0.3 is 0 Å². The lowest BCUT2D eigenvalue weighted by Gasteiger charge is -2.18. The van der Waals surface area contributed by atoms with Crippen LogP contribution in [-0.2, 0) is 16.6 Å². The number of hydrogen-bond donors (Lipinski definition) is 0. The zero-order valence-electron chi connectivity index (χ0n) is 11.4. The monoisotopic (exact) mass is 293 g/mol. The number of halogens is 1. The molecule has 0 amide bonds. The van der Waals surface area contributed by atoms with Crippen molar-refractivity contribution in [1.82, 2.24) is 4.31 Å². The number of hydrogen-bond acceptors (Lipinski definition) is 2. The lowest BCUT2D eigenvalue weighted by molar-refractivity contribution is 0.456. The molecule has 0 saturated carbocycles. The van der Waals surface area contributed by atoms with Crippen LogP contribution >= 0.6 is 0 Å². The second-order valence-electron chi connectivity index (χ2n) is 4.62. The smallest absolute Gasteiger partial charge is 0.207 e. The maximum absolute atomic E-state index is 13.6. The molecule has 0 aromatic heterocycles. The summed E-state index contributed by atoms with van der Waals surface area (Å²) in [7, 11) is -2.17. The van der Waals surface area contributed by atoms with Crippen molar-refractivity contribution >= 4 is 10.0 Å². The van der Waals surface area contributed by atoms with Gasteiger partial charge in [-0.1, -0.05) is 36.4 Å². The van der Waals surface area contributed by atoms with Gasteiger partial charge in [0, 0.05) is 19.2 Å². The van der Waals surface area contributed by atoms with E-state index in [4.69, 9.17) is 0 Å². The number of rotatable bonds is 4. The van der Waals surface area contributed by atoms with Crippen LogP contribution in [0.5, 0.6) is 0 Å². The minimum absolute atomic E-state index is 0.00331. The topological polar surface area (TPSA) is 37.4 Å². The Bertz CT molecular complexity index is 713. The number of nitrogens with zero attached hydrogens (tertiary/aromatic N) is 1. The molecule has 20 heavy (non-hydrogen) atoms. The molecule has 5 heteroatoms. The number of benzene rings is 2. The zero-order valence-corrected chi connectivity index (χ0v) is 12.2. The van der Waals surface area contributed by atoms with Gasteiger partial charge in [0.15, 0.2) is 0 Å². The molecule has 0 radical (unpaired) electrons. The first-order valence-corrected chi connectivity index (χ1v) is 7.62. The van der Waals surface area contributed by atoms with E-state index in [0.29, 0.717) is 11.1 Å². The Kier molecular flexibility index (Phi) is 4.20. The Morgan fingerprint density at radius 2 is 1.65 bits per heavy atom. The van der Waals surface area contributed by atoms with E-state index in [1.165, 1.54) is 13.1 Å². The molecule has 0 atom stereocenters. The van der Waals surface area contributed by atoms with E-state index in [0.717, 1.165) is 4.31 Å². The molecule has 0 bridgehead atoms. The Morgan fingerprint density at radius 1 is 1.05 bits per heavy atom. The van der Waals surface area contributed by atoms with Crippen LogP contribution in [0.1, 0.15) is 11.1 Å². The molecule has 0 fully saturated rings. The fourth-order valence-electron chi connectivity index (χ4n) is 1.97. The molecule has 2 rings (SSSR count). The van der Waals surface area contributed by atoms with E-state index in [2.05, 4.69) is 0 Å². The van der Waals surface area contributed by atoms with Crippen molar-refractivity contribution in [2.45, 2.75) is 18.4 Å². The largest absolute Gasteiger partial charge is 0.243 e. The van der Waals surface area contributed by atoms with Crippen molar-refractivity contribution in [3.63, 3.8) is 0 Å². The molecule has 0 aliphatic heterocycles. The van der Waals surface area contributed by atoms with Gasteiger partial charge in [0.25, 0.3) is 0 Å². The van der Waals surface area contributed by atoms with Crippen molar-refractivity contribution in [3.8, 4) is 0 Å². The van der Waals surface area contributed by atoms with Crippen LogP contribution in [-0.4, -0.2) is 19.8 Å². The average Bonchev–Trinajstić information content (AvgIpc) is 2.41. The summed E-state index contributed by atoms with van der Waals surface area (Å²) in [4.78, 5) is 0.249. The Balaban J connectivity index is 2.31. The number of aryl methyl sites for hydroxylation is 1. The second-order valence-corrected chi connectivity index (χ2v) is 6.63. The summed E-state index contributed by atoms with van der Waals surface area (Å²) in [6.45, 7) is 1.74. The average molecular weight is 293 g/mol. The van der Waals surface area contributed by atoms with E-state index < -0.39 is 15.8 Å². The SMILES string of the molecule is Cc1ccccc1S(=O)(=O)N(C)Cc1ccccc1F. The lowest BCUT2D eigenvalue weighted by Crippen LogP contribution is -2.27. The third-order valence-corrected chi connectivity index (χ3v) is 5.10. The zero-order chi connectivity index (χ0) is 14.8. The predicted octanol–water partition coefficient (Wildman–Crippen LogP) is 2.95. The molecule has 0 saturated heterocycles. The van der Waals surface area contributed by atoms with Gasteiger partial charge in [0.2, 0.25) is 10.0 Å². The van der Waals surface area contributed by atoms with E-state index in [9.17, 15) is 12.8 Å². The highest BCUT2D eigenvalue weighted by atomic mass is 32.2. The molecule has 0 unspecified atom stereocenters. The Morgan fingerprint density at radius 3 is 2.30 bits per heavy atom. The summed E-state index contributed by atoms with van der Waals surface area (Å²) in [6, 6.07) is 12.9. The van der Waals surface area contributed by atoms with Gasteiger partial charge in [-0.3, -0.25) is 0 Å². The number of sulfonamides is 1. The molecule has 0 spiro atoms. The molecule has 2 aromatic rings. The summed E-state index contributed by atoms with van der Waals surface area (Å²) >= 11 is 0. The van der Waals surface area contributed by atoms with Crippen molar-refractivity contribution < 1.29 is 12.8 Å². The van der Waals surface area contributed by atoms with Gasteiger partial charge in [0.1, 0.15) is 5.82 Å². The molecule has 0 N–H and O–H groups in total. The minimum Gasteiger partial charge on any atom is -0.207 e. The molecule has 106 valence electrons. The van der Waals surface area contributed by atoms with Gasteiger partial charge in [-0.05, 0) is 24.6 Å². The Labute approximate surface area is 118 Å². The van der Waals surface area contributed by atoms with Gasteiger partial charge < -0.3 is 0 Å². The Hall–Kier alpha value is -1.72. The first-order valence-electron chi connectivity index (χ1n) is 6.18. The third kappa shape index (κ3) is 2.89. The quantitative estimate of drug-likeness (QED) is 0.869. The first kappa shape index (κ1) is 14.7. The van der Waals surface area contributed by atoms with E-state index in [1.807, 2.05) is 0 Å².